The summed E-state index contributed by atoms with van der Waals surface area (Å²) in [7, 11) is 0. The maximum atomic E-state index is 10.7. The van der Waals surface area contributed by atoms with E-state index in [0.717, 1.165) is 0 Å². The minimum absolute atomic E-state index is 0.301. The van der Waals surface area contributed by atoms with Gasteiger partial charge in [-0.05, 0) is 6.92 Å². The molecule has 0 saturated heterocycles. The quantitative estimate of drug-likeness (QED) is 0.450. The Balaban J connectivity index is 3.41. The molecule has 0 spiro atoms. The number of aromatic hydroxyl groups is 1. The first kappa shape index (κ1) is 11.2. The smallest absolute Gasteiger partial charge is 0.313 e. The molecule has 5 nitrogen and oxygen atoms in total. The van der Waals surface area contributed by atoms with E-state index in [1.807, 2.05) is 0 Å². The van der Waals surface area contributed by atoms with Crippen LogP contribution in [-0.4, -0.2) is 10.0 Å². The topological polar surface area (TPSA) is 89.4 Å². The molecular weight excluding hydrogens is 196 g/mol. The number of nitrogens with zero attached hydrogens (tertiary/aromatic N) is 1. The molecule has 0 fully saturated rings. The number of rotatable bonds is 3. The molecule has 0 aromatic heterocycles. The van der Waals surface area contributed by atoms with Gasteiger partial charge in [0.05, 0.1) is 11.0 Å². The molecule has 0 aliphatic carbocycles. The molecule has 1 aromatic carbocycles. The largest absolute Gasteiger partial charge is 0.502 e. The lowest BCUT2D eigenvalue weighted by atomic mass is 10.0. The Morgan fingerprint density at radius 3 is 2.73 bits per heavy atom. The van der Waals surface area contributed by atoms with Crippen molar-refractivity contribution >= 4 is 5.69 Å². The maximum absolute atomic E-state index is 10.7. The fourth-order valence-corrected chi connectivity index (χ4v) is 1.32. The first-order chi connectivity index (χ1) is 6.99. The first-order valence-corrected chi connectivity index (χ1v) is 4.34. The van der Waals surface area contributed by atoms with Crippen LogP contribution < -0.4 is 5.73 Å². The number of nitro benzene ring substituents is 1. The SMILES string of the molecule is C=C[C@H](N)c1ccc(C)c([N+](=O)[O-])c1O. The van der Waals surface area contributed by atoms with Crippen LogP contribution in [0.4, 0.5) is 5.69 Å². The summed E-state index contributed by atoms with van der Waals surface area (Å²) in [4.78, 5) is 10.1. The Morgan fingerprint density at radius 2 is 2.27 bits per heavy atom. The van der Waals surface area contributed by atoms with Crippen LogP contribution in [-0.2, 0) is 0 Å². The highest BCUT2D eigenvalue weighted by Crippen LogP contribution is 2.35. The van der Waals surface area contributed by atoms with Crippen molar-refractivity contribution in [2.24, 2.45) is 5.73 Å². The summed E-state index contributed by atoms with van der Waals surface area (Å²) in [6.07, 6.45) is 1.41. The van der Waals surface area contributed by atoms with Gasteiger partial charge in [-0.15, -0.1) is 6.58 Å². The molecule has 0 radical (unpaired) electrons. The summed E-state index contributed by atoms with van der Waals surface area (Å²) in [5.41, 5.74) is 6.02. The third-order valence-electron chi connectivity index (χ3n) is 2.18. The summed E-state index contributed by atoms with van der Waals surface area (Å²) in [6.45, 7) is 5.03. The van der Waals surface area contributed by atoms with E-state index in [1.54, 1.807) is 19.1 Å². The Bertz CT molecular complexity index is 415. The van der Waals surface area contributed by atoms with Crippen molar-refractivity contribution < 1.29 is 10.0 Å². The number of benzene rings is 1. The summed E-state index contributed by atoms with van der Waals surface area (Å²) < 4.78 is 0. The molecule has 0 aliphatic rings. The zero-order chi connectivity index (χ0) is 11.6. The Morgan fingerprint density at radius 1 is 1.67 bits per heavy atom. The third-order valence-corrected chi connectivity index (χ3v) is 2.18. The number of aryl methyl sites for hydroxylation is 1. The molecule has 0 saturated carbocycles. The van der Waals surface area contributed by atoms with E-state index in [4.69, 9.17) is 5.73 Å². The molecule has 1 rings (SSSR count). The van der Waals surface area contributed by atoms with Gasteiger partial charge in [0.15, 0.2) is 5.75 Å². The second kappa shape index (κ2) is 4.10. The second-order valence-electron chi connectivity index (χ2n) is 3.19. The van der Waals surface area contributed by atoms with Crippen LogP contribution in [0.15, 0.2) is 24.8 Å². The fraction of sp³-hybridized carbons (Fsp3) is 0.200. The van der Waals surface area contributed by atoms with Crippen LogP contribution in [0.25, 0.3) is 0 Å². The van der Waals surface area contributed by atoms with Gasteiger partial charge in [-0.25, -0.2) is 0 Å². The minimum atomic E-state index is -0.621. The molecule has 5 heteroatoms. The van der Waals surface area contributed by atoms with E-state index in [1.165, 1.54) is 6.08 Å². The lowest BCUT2D eigenvalue weighted by Gasteiger charge is -2.10. The molecule has 0 aliphatic heterocycles. The molecule has 0 bridgehead atoms. The number of nitro groups is 1. The van der Waals surface area contributed by atoms with Crippen LogP contribution in [0.3, 0.4) is 0 Å². The van der Waals surface area contributed by atoms with Gasteiger partial charge in [0.2, 0.25) is 0 Å². The first-order valence-electron chi connectivity index (χ1n) is 4.34. The number of phenolic OH excluding ortho intramolecular Hbond substituents is 1. The normalized spacial score (nSPS) is 12.1. The van der Waals surface area contributed by atoms with Crippen molar-refractivity contribution in [3.63, 3.8) is 0 Å². The van der Waals surface area contributed by atoms with E-state index in [9.17, 15) is 15.2 Å². The average Bonchev–Trinajstić information content (AvgIpc) is 2.16. The van der Waals surface area contributed by atoms with Gasteiger partial charge in [-0.2, -0.15) is 0 Å². The van der Waals surface area contributed by atoms with Gasteiger partial charge in [0, 0.05) is 11.1 Å². The lowest BCUT2D eigenvalue weighted by molar-refractivity contribution is -0.386. The molecule has 0 unspecified atom stereocenters. The lowest BCUT2D eigenvalue weighted by Crippen LogP contribution is -2.08. The van der Waals surface area contributed by atoms with Gasteiger partial charge < -0.3 is 10.8 Å². The molecular formula is C10H12N2O3. The van der Waals surface area contributed by atoms with Crippen molar-refractivity contribution in [3.8, 4) is 5.75 Å². The van der Waals surface area contributed by atoms with Crippen molar-refractivity contribution in [2.75, 3.05) is 0 Å². The molecule has 1 aromatic rings. The summed E-state index contributed by atoms with van der Waals surface area (Å²) >= 11 is 0. The monoisotopic (exact) mass is 208 g/mol. The molecule has 15 heavy (non-hydrogen) atoms. The zero-order valence-corrected chi connectivity index (χ0v) is 8.30. The van der Waals surface area contributed by atoms with Crippen LogP contribution in [0, 0.1) is 17.0 Å². The van der Waals surface area contributed by atoms with Crippen LogP contribution in [0.1, 0.15) is 17.2 Å². The van der Waals surface area contributed by atoms with Crippen molar-refractivity contribution in [1.29, 1.82) is 0 Å². The fourth-order valence-electron chi connectivity index (χ4n) is 1.32. The van der Waals surface area contributed by atoms with E-state index in [-0.39, 0.29) is 11.4 Å². The molecule has 3 N–H and O–H groups in total. The van der Waals surface area contributed by atoms with Crippen LogP contribution in [0.5, 0.6) is 5.75 Å². The van der Waals surface area contributed by atoms with Crippen molar-refractivity contribution in [1.82, 2.24) is 0 Å². The third kappa shape index (κ3) is 1.97. The van der Waals surface area contributed by atoms with Gasteiger partial charge >= 0.3 is 5.69 Å². The van der Waals surface area contributed by atoms with Gasteiger partial charge in [0.1, 0.15) is 0 Å². The van der Waals surface area contributed by atoms with E-state index in [2.05, 4.69) is 6.58 Å². The van der Waals surface area contributed by atoms with Crippen molar-refractivity contribution in [3.05, 3.63) is 46.0 Å². The summed E-state index contributed by atoms with van der Waals surface area (Å²) in [5, 5.41) is 20.4. The summed E-state index contributed by atoms with van der Waals surface area (Å²) in [5.74, 6) is -0.382. The highest BCUT2D eigenvalue weighted by atomic mass is 16.6. The Kier molecular flexibility index (Phi) is 3.06. The molecule has 80 valence electrons. The second-order valence-corrected chi connectivity index (χ2v) is 3.19. The predicted molar refractivity (Wildman–Crippen MR) is 56.6 cm³/mol. The molecule has 0 amide bonds. The highest BCUT2D eigenvalue weighted by molar-refractivity contribution is 5.57. The minimum Gasteiger partial charge on any atom is -0.502 e. The van der Waals surface area contributed by atoms with Gasteiger partial charge in [0.25, 0.3) is 0 Å². The van der Waals surface area contributed by atoms with E-state index in [0.29, 0.717) is 11.1 Å². The predicted octanol–water partition coefficient (Wildman–Crippen LogP) is 1.79. The zero-order valence-electron chi connectivity index (χ0n) is 8.30. The van der Waals surface area contributed by atoms with Crippen LogP contribution >= 0.6 is 0 Å². The van der Waals surface area contributed by atoms with Gasteiger partial charge in [-0.3, -0.25) is 10.1 Å². The van der Waals surface area contributed by atoms with Gasteiger partial charge in [-0.1, -0.05) is 18.2 Å². The Labute approximate surface area is 87.0 Å². The summed E-state index contributed by atoms with van der Waals surface area (Å²) in [6, 6.07) is 2.50. The standard InChI is InChI=1S/C10H12N2O3/c1-3-8(11)7-5-4-6(2)9(10(7)13)12(14)15/h3-5,8,13H,1,11H2,2H3/t8-/m0/s1. The highest BCUT2D eigenvalue weighted by Gasteiger charge is 2.22. The number of nitrogens with two attached hydrogens (primary N) is 1. The molecule has 1 atom stereocenters. The Hall–Kier alpha value is -1.88. The maximum Gasteiger partial charge on any atom is 0.313 e. The molecule has 0 heterocycles. The number of hydrogen-bond donors (Lipinski definition) is 2. The van der Waals surface area contributed by atoms with Crippen molar-refractivity contribution in [2.45, 2.75) is 13.0 Å². The van der Waals surface area contributed by atoms with E-state index >= 15 is 0 Å². The van der Waals surface area contributed by atoms with Crippen LogP contribution in [0.2, 0.25) is 0 Å². The van der Waals surface area contributed by atoms with E-state index < -0.39 is 11.0 Å². The average molecular weight is 208 g/mol. The number of hydrogen-bond acceptors (Lipinski definition) is 4. The number of phenols is 1.